The lowest BCUT2D eigenvalue weighted by molar-refractivity contribution is -0.0290. The Morgan fingerprint density at radius 3 is 2.78 bits per heavy atom. The van der Waals surface area contributed by atoms with E-state index in [9.17, 15) is 4.79 Å². The number of para-hydroxylation sites is 1. The Kier molecular flexibility index (Phi) is 7.56. The number of carbonyl (C=O) groups excluding carboxylic acids is 1. The third-order valence-electron chi connectivity index (χ3n) is 6.15. The smallest absolute Gasteiger partial charge is 0.262 e. The normalized spacial score (nSPS) is 18.5. The summed E-state index contributed by atoms with van der Waals surface area (Å²) >= 11 is 12.4. The molecule has 3 heterocycles. The summed E-state index contributed by atoms with van der Waals surface area (Å²) in [6.45, 7) is 3.15. The molecule has 1 amide bonds. The Morgan fingerprint density at radius 1 is 1.25 bits per heavy atom. The van der Waals surface area contributed by atoms with Crippen LogP contribution in [0.25, 0.3) is 0 Å². The average Bonchev–Trinajstić information content (AvgIpc) is 3.25. The minimum Gasteiger partial charge on any atom is -0.474 e. The van der Waals surface area contributed by atoms with Crippen molar-refractivity contribution < 1.29 is 14.3 Å². The fourth-order valence-electron chi connectivity index (χ4n) is 3.96. The van der Waals surface area contributed by atoms with Crippen LogP contribution >= 0.6 is 23.2 Å². The van der Waals surface area contributed by atoms with Gasteiger partial charge < -0.3 is 25.0 Å². The third-order valence-corrected chi connectivity index (χ3v) is 6.78. The van der Waals surface area contributed by atoms with Crippen LogP contribution in [0.2, 0.25) is 10.0 Å². The van der Waals surface area contributed by atoms with Gasteiger partial charge in [0, 0.05) is 25.5 Å². The molecule has 1 saturated carbocycles. The number of nitrogens with zero attached hydrogens (tertiary/aromatic N) is 5. The molecule has 190 valence electrons. The molecule has 2 aliphatic rings. The number of halogens is 2. The maximum absolute atomic E-state index is 13.1. The summed E-state index contributed by atoms with van der Waals surface area (Å²) in [5.74, 6) is 0.0323. The van der Waals surface area contributed by atoms with Gasteiger partial charge in [0.15, 0.2) is 0 Å². The topological polar surface area (TPSA) is 106 Å². The lowest BCUT2D eigenvalue weighted by atomic mass is 9.96. The number of morpholine rings is 1. The van der Waals surface area contributed by atoms with Gasteiger partial charge in [-0.2, -0.15) is 10.1 Å². The summed E-state index contributed by atoms with van der Waals surface area (Å²) < 4.78 is 13.7. The van der Waals surface area contributed by atoms with Gasteiger partial charge in [0.2, 0.25) is 11.8 Å². The molecule has 2 fully saturated rings. The number of aromatic nitrogens is 4. The van der Waals surface area contributed by atoms with Crippen LogP contribution in [0.1, 0.15) is 29.6 Å². The van der Waals surface area contributed by atoms with Crippen molar-refractivity contribution in [1.29, 1.82) is 0 Å². The van der Waals surface area contributed by atoms with E-state index >= 15 is 0 Å². The fraction of sp³-hybridized carbons (Fsp3) is 0.417. The number of carbonyl (C=O) groups is 1. The Hall–Kier alpha value is -2.92. The van der Waals surface area contributed by atoms with Crippen LogP contribution in [0.3, 0.4) is 0 Å². The van der Waals surface area contributed by atoms with E-state index in [2.05, 4.69) is 37.6 Å². The second-order valence-electron chi connectivity index (χ2n) is 8.97. The third kappa shape index (κ3) is 5.89. The van der Waals surface area contributed by atoms with E-state index in [0.29, 0.717) is 40.5 Å². The molecule has 10 nitrogen and oxygen atoms in total. The van der Waals surface area contributed by atoms with Crippen molar-refractivity contribution >= 4 is 46.4 Å². The molecule has 12 heteroatoms. The number of ether oxygens (including phenoxy) is 2. The molecule has 1 aliphatic carbocycles. The predicted molar refractivity (Wildman–Crippen MR) is 137 cm³/mol. The number of rotatable bonds is 8. The van der Waals surface area contributed by atoms with E-state index in [0.717, 1.165) is 32.4 Å². The highest BCUT2D eigenvalue weighted by Gasteiger charge is 2.25. The molecule has 2 aromatic heterocycles. The summed E-state index contributed by atoms with van der Waals surface area (Å²) in [5, 5.41) is 11.0. The first-order chi connectivity index (χ1) is 17.4. The second kappa shape index (κ2) is 11.0. The maximum Gasteiger partial charge on any atom is 0.262 e. The molecule has 0 spiro atoms. The highest BCUT2D eigenvalue weighted by atomic mass is 35.5. The van der Waals surface area contributed by atoms with E-state index in [-0.39, 0.29) is 23.7 Å². The Balaban J connectivity index is 1.31. The quantitative estimate of drug-likeness (QED) is 0.444. The second-order valence-corrected chi connectivity index (χ2v) is 9.78. The number of hydrogen-bond donors (Lipinski definition) is 2. The number of likely N-dealkylation sites (N-methyl/N-ethyl adjacent to an activating group) is 1. The van der Waals surface area contributed by atoms with E-state index in [1.54, 1.807) is 24.4 Å². The van der Waals surface area contributed by atoms with E-state index < -0.39 is 5.91 Å². The van der Waals surface area contributed by atoms with Crippen LogP contribution < -0.4 is 15.4 Å². The first kappa shape index (κ1) is 24.8. The van der Waals surface area contributed by atoms with Crippen LogP contribution in [0.5, 0.6) is 5.88 Å². The molecule has 5 rings (SSSR count). The highest BCUT2D eigenvalue weighted by Crippen LogP contribution is 2.32. The van der Waals surface area contributed by atoms with Gasteiger partial charge in [-0.25, -0.2) is 4.98 Å². The number of anilines is 3. The number of benzene rings is 1. The fourth-order valence-corrected chi connectivity index (χ4v) is 4.45. The highest BCUT2D eigenvalue weighted by molar-refractivity contribution is 6.40. The SMILES string of the molecule is CN1CCO[C@H](Cn2cc(Nc3ncc(C(=O)Nc4c(Cl)cccc4Cl)c(OC4CCC4)n3)cn2)C1. The molecular formula is C24H27Cl2N7O3. The lowest BCUT2D eigenvalue weighted by Gasteiger charge is -2.29. The molecule has 1 atom stereocenters. The minimum atomic E-state index is -0.462. The molecule has 1 aliphatic heterocycles. The first-order valence-corrected chi connectivity index (χ1v) is 12.6. The largest absolute Gasteiger partial charge is 0.474 e. The van der Waals surface area contributed by atoms with Crippen LogP contribution in [-0.4, -0.2) is 69.5 Å². The summed E-state index contributed by atoms with van der Waals surface area (Å²) in [6, 6.07) is 5.01. The number of amides is 1. The Labute approximate surface area is 218 Å². The molecule has 0 bridgehead atoms. The van der Waals surface area contributed by atoms with Crippen molar-refractivity contribution in [3.8, 4) is 5.88 Å². The number of nitrogens with one attached hydrogen (secondary N) is 2. The zero-order chi connectivity index (χ0) is 25.1. The van der Waals surface area contributed by atoms with Gasteiger partial charge in [-0.1, -0.05) is 29.3 Å². The first-order valence-electron chi connectivity index (χ1n) is 11.8. The van der Waals surface area contributed by atoms with Crippen molar-refractivity contribution in [2.75, 3.05) is 37.4 Å². The van der Waals surface area contributed by atoms with Crippen LogP contribution in [0.4, 0.5) is 17.3 Å². The molecule has 1 aromatic carbocycles. The van der Waals surface area contributed by atoms with Crippen LogP contribution in [-0.2, 0) is 11.3 Å². The van der Waals surface area contributed by atoms with Crippen LogP contribution in [0.15, 0.2) is 36.8 Å². The summed E-state index contributed by atoms with van der Waals surface area (Å²) in [7, 11) is 2.08. The van der Waals surface area contributed by atoms with Gasteiger partial charge in [-0.3, -0.25) is 9.48 Å². The molecule has 0 unspecified atom stereocenters. The maximum atomic E-state index is 13.1. The molecule has 36 heavy (non-hydrogen) atoms. The monoisotopic (exact) mass is 531 g/mol. The van der Waals surface area contributed by atoms with Gasteiger partial charge >= 0.3 is 0 Å². The zero-order valence-electron chi connectivity index (χ0n) is 19.8. The van der Waals surface area contributed by atoms with Crippen molar-refractivity contribution in [3.05, 3.63) is 52.4 Å². The van der Waals surface area contributed by atoms with Crippen LogP contribution in [0, 0.1) is 0 Å². The van der Waals surface area contributed by atoms with Crippen molar-refractivity contribution in [3.63, 3.8) is 0 Å². The molecular weight excluding hydrogens is 505 g/mol. The standard InChI is InChI=1S/C24H27Cl2N7O3/c1-32-8-9-35-17(13-32)14-33-12-15(10-28-33)29-24-27-11-18(23(31-24)36-16-4-2-5-16)22(34)30-21-19(25)6-3-7-20(21)26/h3,6-7,10-12,16-17H,2,4-5,8-9,13-14H2,1H3,(H,30,34)(H,27,29,31)/t17-/m0/s1. The zero-order valence-corrected chi connectivity index (χ0v) is 21.3. The van der Waals surface area contributed by atoms with Crippen molar-refractivity contribution in [2.45, 2.75) is 38.0 Å². The summed E-state index contributed by atoms with van der Waals surface area (Å²) in [6.07, 6.45) is 8.00. The van der Waals surface area contributed by atoms with Gasteiger partial charge in [0.25, 0.3) is 5.91 Å². The summed E-state index contributed by atoms with van der Waals surface area (Å²) in [5.41, 5.74) is 1.23. The average molecular weight is 532 g/mol. The van der Waals surface area contributed by atoms with Gasteiger partial charge in [0.1, 0.15) is 11.7 Å². The molecule has 1 saturated heterocycles. The number of hydrogen-bond acceptors (Lipinski definition) is 8. The van der Waals surface area contributed by atoms with Gasteiger partial charge in [-0.05, 0) is 38.4 Å². The van der Waals surface area contributed by atoms with E-state index in [1.807, 2.05) is 10.9 Å². The minimum absolute atomic E-state index is 0.0135. The van der Waals surface area contributed by atoms with Gasteiger partial charge in [0.05, 0.1) is 46.9 Å². The molecule has 2 N–H and O–H groups in total. The van der Waals surface area contributed by atoms with E-state index in [1.165, 1.54) is 6.20 Å². The lowest BCUT2D eigenvalue weighted by Crippen LogP contribution is -2.42. The molecule has 3 aromatic rings. The van der Waals surface area contributed by atoms with E-state index in [4.69, 9.17) is 32.7 Å². The van der Waals surface area contributed by atoms with Crippen molar-refractivity contribution in [2.24, 2.45) is 0 Å². The van der Waals surface area contributed by atoms with Crippen molar-refractivity contribution in [1.82, 2.24) is 24.6 Å². The Morgan fingerprint density at radius 2 is 2.06 bits per heavy atom. The molecule has 0 radical (unpaired) electrons. The Bertz CT molecular complexity index is 1210. The van der Waals surface area contributed by atoms with Gasteiger partial charge in [-0.15, -0.1) is 0 Å². The summed E-state index contributed by atoms with van der Waals surface area (Å²) in [4.78, 5) is 24.1. The predicted octanol–water partition coefficient (Wildman–Crippen LogP) is 4.24.